The third-order valence-corrected chi connectivity index (χ3v) is 4.20. The zero-order valence-electron chi connectivity index (χ0n) is 11.5. The standard InChI is InChI=1S/C15H16N2O3S/c1-15(20,12-3-2-8-21-12)9-17-14(19)11-6-4-10(5-7-11)13(16)18/h2-8,20H,9H2,1H3,(H2,16,18)(H,17,19). The predicted octanol–water partition coefficient (Wildman–Crippen LogP) is 1.48. The Kier molecular flexibility index (Phi) is 4.40. The smallest absolute Gasteiger partial charge is 0.251 e. The fourth-order valence-electron chi connectivity index (χ4n) is 1.81. The summed E-state index contributed by atoms with van der Waals surface area (Å²) >= 11 is 1.43. The molecule has 110 valence electrons. The van der Waals surface area contributed by atoms with Crippen molar-refractivity contribution in [2.24, 2.45) is 5.73 Å². The summed E-state index contributed by atoms with van der Waals surface area (Å²) in [5.74, 6) is -0.856. The molecule has 0 fully saturated rings. The molecule has 0 aliphatic heterocycles. The van der Waals surface area contributed by atoms with Gasteiger partial charge in [0.1, 0.15) is 5.60 Å². The lowest BCUT2D eigenvalue weighted by Gasteiger charge is -2.22. The molecule has 0 saturated carbocycles. The van der Waals surface area contributed by atoms with Crippen molar-refractivity contribution >= 4 is 23.2 Å². The number of nitrogens with two attached hydrogens (primary N) is 1. The van der Waals surface area contributed by atoms with E-state index < -0.39 is 11.5 Å². The molecule has 1 atom stereocenters. The molecule has 0 saturated heterocycles. The third-order valence-electron chi connectivity index (χ3n) is 3.08. The minimum Gasteiger partial charge on any atom is -0.383 e. The van der Waals surface area contributed by atoms with Crippen molar-refractivity contribution in [3.63, 3.8) is 0 Å². The number of hydrogen-bond donors (Lipinski definition) is 3. The average molecular weight is 304 g/mol. The average Bonchev–Trinajstić information content (AvgIpc) is 3.00. The van der Waals surface area contributed by atoms with Gasteiger partial charge in [0.25, 0.3) is 5.91 Å². The number of carbonyl (C=O) groups is 2. The van der Waals surface area contributed by atoms with Crippen LogP contribution < -0.4 is 11.1 Å². The molecule has 6 heteroatoms. The van der Waals surface area contributed by atoms with Crippen molar-refractivity contribution in [2.45, 2.75) is 12.5 Å². The predicted molar refractivity (Wildman–Crippen MR) is 81.2 cm³/mol. The zero-order valence-corrected chi connectivity index (χ0v) is 12.3. The zero-order chi connectivity index (χ0) is 15.5. The monoisotopic (exact) mass is 304 g/mol. The highest BCUT2D eigenvalue weighted by molar-refractivity contribution is 7.10. The topological polar surface area (TPSA) is 92.4 Å². The van der Waals surface area contributed by atoms with Crippen molar-refractivity contribution in [2.75, 3.05) is 6.54 Å². The summed E-state index contributed by atoms with van der Waals surface area (Å²) in [5.41, 5.74) is 4.77. The lowest BCUT2D eigenvalue weighted by Crippen LogP contribution is -2.38. The van der Waals surface area contributed by atoms with Crippen molar-refractivity contribution in [1.29, 1.82) is 0 Å². The van der Waals surface area contributed by atoms with Crippen LogP contribution in [0.2, 0.25) is 0 Å². The number of carbonyl (C=O) groups excluding carboxylic acids is 2. The lowest BCUT2D eigenvalue weighted by molar-refractivity contribution is 0.0557. The van der Waals surface area contributed by atoms with Gasteiger partial charge in [-0.25, -0.2) is 0 Å². The fourth-order valence-corrected chi connectivity index (χ4v) is 2.60. The summed E-state index contributed by atoms with van der Waals surface area (Å²) in [7, 11) is 0. The first-order chi connectivity index (χ1) is 9.90. The minimum atomic E-state index is -1.11. The molecule has 2 rings (SSSR count). The summed E-state index contributed by atoms with van der Waals surface area (Å²) in [6.45, 7) is 1.75. The highest BCUT2D eigenvalue weighted by atomic mass is 32.1. The van der Waals surface area contributed by atoms with E-state index in [0.29, 0.717) is 11.1 Å². The molecule has 0 bridgehead atoms. The third kappa shape index (κ3) is 3.68. The summed E-state index contributed by atoms with van der Waals surface area (Å²) in [4.78, 5) is 23.8. The van der Waals surface area contributed by atoms with Crippen molar-refractivity contribution in [1.82, 2.24) is 5.32 Å². The van der Waals surface area contributed by atoms with Crippen LogP contribution in [0.5, 0.6) is 0 Å². The second-order valence-corrected chi connectivity index (χ2v) is 5.82. The summed E-state index contributed by atoms with van der Waals surface area (Å²) in [6.07, 6.45) is 0. The molecule has 1 aromatic carbocycles. The van der Waals surface area contributed by atoms with Gasteiger partial charge in [-0.3, -0.25) is 9.59 Å². The highest BCUT2D eigenvalue weighted by Gasteiger charge is 2.25. The van der Waals surface area contributed by atoms with Crippen molar-refractivity contribution in [3.8, 4) is 0 Å². The Balaban J connectivity index is 2.00. The van der Waals surface area contributed by atoms with E-state index in [1.165, 1.54) is 35.6 Å². The van der Waals surface area contributed by atoms with E-state index in [-0.39, 0.29) is 12.5 Å². The Bertz CT molecular complexity index is 633. The van der Waals surface area contributed by atoms with Gasteiger partial charge >= 0.3 is 0 Å². The van der Waals surface area contributed by atoms with Gasteiger partial charge in [0.2, 0.25) is 5.91 Å². The van der Waals surface area contributed by atoms with Crippen LogP contribution in [0, 0.1) is 0 Å². The first kappa shape index (κ1) is 15.2. The Hall–Kier alpha value is -2.18. The fraction of sp³-hybridized carbons (Fsp3) is 0.200. The number of hydrogen-bond acceptors (Lipinski definition) is 4. The lowest BCUT2D eigenvalue weighted by atomic mass is 10.0. The second kappa shape index (κ2) is 6.07. The number of amides is 2. The van der Waals surface area contributed by atoms with Gasteiger partial charge in [-0.1, -0.05) is 6.07 Å². The van der Waals surface area contributed by atoms with E-state index in [4.69, 9.17) is 5.73 Å². The van der Waals surface area contributed by atoms with E-state index in [1.807, 2.05) is 17.5 Å². The van der Waals surface area contributed by atoms with Gasteiger partial charge in [-0.2, -0.15) is 0 Å². The maximum Gasteiger partial charge on any atom is 0.251 e. The Morgan fingerprint density at radius 1 is 1.24 bits per heavy atom. The van der Waals surface area contributed by atoms with Crippen LogP contribution in [0.15, 0.2) is 41.8 Å². The van der Waals surface area contributed by atoms with Crippen LogP contribution in [-0.4, -0.2) is 23.5 Å². The molecule has 0 aliphatic carbocycles. The van der Waals surface area contributed by atoms with Crippen LogP contribution >= 0.6 is 11.3 Å². The van der Waals surface area contributed by atoms with Crippen LogP contribution in [-0.2, 0) is 5.60 Å². The molecule has 4 N–H and O–H groups in total. The quantitative estimate of drug-likeness (QED) is 0.781. The van der Waals surface area contributed by atoms with Gasteiger partial charge in [0, 0.05) is 16.0 Å². The molecule has 2 amide bonds. The van der Waals surface area contributed by atoms with Gasteiger partial charge < -0.3 is 16.2 Å². The van der Waals surface area contributed by atoms with E-state index in [2.05, 4.69) is 5.32 Å². The van der Waals surface area contributed by atoms with Gasteiger partial charge in [0.15, 0.2) is 0 Å². The molecule has 1 heterocycles. The summed E-state index contributed by atoms with van der Waals surface area (Å²) < 4.78 is 0. The summed E-state index contributed by atoms with van der Waals surface area (Å²) in [5, 5.41) is 14.9. The van der Waals surface area contributed by atoms with Crippen LogP contribution in [0.25, 0.3) is 0 Å². The maximum atomic E-state index is 12.0. The number of rotatable bonds is 5. The van der Waals surface area contributed by atoms with Crippen molar-refractivity contribution in [3.05, 3.63) is 57.8 Å². The molecule has 2 aromatic rings. The Morgan fingerprint density at radius 3 is 2.38 bits per heavy atom. The van der Waals surface area contributed by atoms with Crippen LogP contribution in [0.4, 0.5) is 0 Å². The highest BCUT2D eigenvalue weighted by Crippen LogP contribution is 2.24. The molecular formula is C15H16N2O3S. The molecule has 21 heavy (non-hydrogen) atoms. The molecule has 0 aliphatic rings. The van der Waals surface area contributed by atoms with Crippen molar-refractivity contribution < 1.29 is 14.7 Å². The van der Waals surface area contributed by atoms with Gasteiger partial charge in [0.05, 0.1) is 6.54 Å². The van der Waals surface area contributed by atoms with E-state index >= 15 is 0 Å². The first-order valence-electron chi connectivity index (χ1n) is 6.34. The molecule has 1 aromatic heterocycles. The number of primary amides is 1. The molecule has 0 spiro atoms. The van der Waals surface area contributed by atoms with E-state index in [1.54, 1.807) is 6.92 Å². The number of aliphatic hydroxyl groups is 1. The van der Waals surface area contributed by atoms with Gasteiger partial charge in [-0.15, -0.1) is 11.3 Å². The first-order valence-corrected chi connectivity index (χ1v) is 7.22. The molecule has 5 nitrogen and oxygen atoms in total. The molecule has 1 unspecified atom stereocenters. The molecular weight excluding hydrogens is 288 g/mol. The van der Waals surface area contributed by atoms with E-state index in [9.17, 15) is 14.7 Å². The Morgan fingerprint density at radius 2 is 1.86 bits per heavy atom. The summed E-state index contributed by atoms with van der Waals surface area (Å²) in [6, 6.07) is 9.70. The largest absolute Gasteiger partial charge is 0.383 e. The van der Waals surface area contributed by atoms with Gasteiger partial charge in [-0.05, 0) is 42.6 Å². The number of nitrogens with one attached hydrogen (secondary N) is 1. The van der Waals surface area contributed by atoms with Crippen LogP contribution in [0.3, 0.4) is 0 Å². The SMILES string of the molecule is CC(O)(CNC(=O)c1ccc(C(N)=O)cc1)c1cccs1. The van der Waals surface area contributed by atoms with E-state index in [0.717, 1.165) is 4.88 Å². The minimum absolute atomic E-state index is 0.101. The van der Waals surface area contributed by atoms with Crippen LogP contribution in [0.1, 0.15) is 32.5 Å². The maximum absolute atomic E-state index is 12.0. The Labute approximate surface area is 126 Å². The second-order valence-electron chi connectivity index (χ2n) is 4.88. The normalized spacial score (nSPS) is 13.4. The molecule has 0 radical (unpaired) electrons. The number of thiophene rings is 1. The number of benzene rings is 1.